The van der Waals surface area contributed by atoms with E-state index in [2.05, 4.69) is 27.7 Å². The zero-order valence-electron chi connectivity index (χ0n) is 30.4. The highest BCUT2D eigenvalue weighted by molar-refractivity contribution is 5.92. The Morgan fingerprint density at radius 3 is 1.33 bits per heavy atom. The number of Topliss-reactive ketones (excluding diaryl/α,β-unsaturated/α-hetero) is 2. The number of aliphatic hydroxyl groups is 2. The van der Waals surface area contributed by atoms with Gasteiger partial charge < -0.3 is 10.2 Å². The average Bonchev–Trinajstić information content (AvgIpc) is 3.54. The second-order valence-corrected chi connectivity index (χ2v) is 18.8. The van der Waals surface area contributed by atoms with Gasteiger partial charge in [0.2, 0.25) is 0 Å². The van der Waals surface area contributed by atoms with Crippen molar-refractivity contribution < 1.29 is 29.4 Å². The van der Waals surface area contributed by atoms with Crippen LogP contribution in [0.2, 0.25) is 0 Å². The van der Waals surface area contributed by atoms with Crippen molar-refractivity contribution in [3.8, 4) is 0 Å². The second-order valence-electron chi connectivity index (χ2n) is 18.8. The van der Waals surface area contributed by atoms with Crippen LogP contribution in [0.15, 0.2) is 23.3 Å². The Labute approximate surface area is 288 Å². The molecule has 6 nitrogen and oxygen atoms in total. The molecule has 6 saturated carbocycles. The van der Waals surface area contributed by atoms with Gasteiger partial charge >= 0.3 is 0 Å². The van der Waals surface area contributed by atoms with Crippen LogP contribution in [-0.4, -0.2) is 45.6 Å². The van der Waals surface area contributed by atoms with Gasteiger partial charge in [-0.05, 0) is 160 Å². The van der Waals surface area contributed by atoms with Gasteiger partial charge in [-0.25, -0.2) is 0 Å². The first-order chi connectivity index (χ1) is 22.5. The first-order valence-electron chi connectivity index (χ1n) is 19.4. The molecule has 14 atom stereocenters. The molecule has 0 unspecified atom stereocenters. The van der Waals surface area contributed by atoms with E-state index >= 15 is 0 Å². The van der Waals surface area contributed by atoms with Gasteiger partial charge in [0.15, 0.2) is 11.6 Å². The highest BCUT2D eigenvalue weighted by atomic mass is 16.3. The van der Waals surface area contributed by atoms with Crippen molar-refractivity contribution in [3.05, 3.63) is 23.3 Å². The topological polar surface area (TPSA) is 109 Å². The Balaban J connectivity index is 0.000000152. The first-order valence-corrected chi connectivity index (χ1v) is 19.4. The number of carbonyl (C=O) groups is 4. The van der Waals surface area contributed by atoms with Crippen LogP contribution >= 0.6 is 0 Å². The summed E-state index contributed by atoms with van der Waals surface area (Å²) in [4.78, 5) is 48.1. The molecule has 0 amide bonds. The average molecular weight is 661 g/mol. The number of allylic oxidation sites excluding steroid dienone is 2. The summed E-state index contributed by atoms with van der Waals surface area (Å²) in [6.45, 7) is 12.5. The summed E-state index contributed by atoms with van der Waals surface area (Å²) in [7, 11) is 0. The summed E-state index contributed by atoms with van der Waals surface area (Å²) in [5.74, 6) is 3.98. The smallest absolute Gasteiger partial charge is 0.155 e. The van der Waals surface area contributed by atoms with E-state index in [9.17, 15) is 29.4 Å². The number of rotatable bonds is 2. The van der Waals surface area contributed by atoms with E-state index in [1.165, 1.54) is 11.1 Å². The number of carbonyl (C=O) groups excluding carboxylic acids is 4. The fourth-order valence-corrected chi connectivity index (χ4v) is 14.7. The van der Waals surface area contributed by atoms with Crippen LogP contribution in [0.25, 0.3) is 0 Å². The van der Waals surface area contributed by atoms with Crippen molar-refractivity contribution >= 4 is 23.1 Å². The lowest BCUT2D eigenvalue weighted by Crippen LogP contribution is -2.56. The van der Waals surface area contributed by atoms with Crippen LogP contribution in [0.1, 0.15) is 131 Å². The van der Waals surface area contributed by atoms with Gasteiger partial charge in [-0.15, -0.1) is 0 Å². The maximum Gasteiger partial charge on any atom is 0.155 e. The fraction of sp³-hybridized carbons (Fsp3) is 0.810. The molecule has 6 heteroatoms. The Morgan fingerprint density at radius 1 is 0.604 bits per heavy atom. The lowest BCUT2D eigenvalue weighted by atomic mass is 9.46. The summed E-state index contributed by atoms with van der Waals surface area (Å²) in [6, 6.07) is 0. The van der Waals surface area contributed by atoms with Crippen molar-refractivity contribution in [2.45, 2.75) is 144 Å². The summed E-state index contributed by atoms with van der Waals surface area (Å²) < 4.78 is 0. The standard InChI is InChI=1S/2C21H30O3/c2*1-12(22)16-6-7-17-15-5-4-13-10-14(23)8-9-20(13,2)19(15)18(24)11-21(16,17)3/h2*10,15-19,24H,4-9,11H2,1-3H3/t2*15-,16+,17-,18-,19+,20-,21+/m00/s1. The molecule has 0 bridgehead atoms. The van der Waals surface area contributed by atoms with Crippen molar-refractivity contribution in [1.82, 2.24) is 0 Å². The summed E-state index contributed by atoms with van der Waals surface area (Å²) >= 11 is 0. The van der Waals surface area contributed by atoms with E-state index in [1.807, 2.05) is 12.2 Å². The Kier molecular flexibility index (Phi) is 8.50. The number of hydrogen-bond acceptors (Lipinski definition) is 6. The third kappa shape index (κ3) is 4.99. The lowest BCUT2D eigenvalue weighted by molar-refractivity contribution is -0.144. The molecular weight excluding hydrogens is 600 g/mol. The molecule has 48 heavy (non-hydrogen) atoms. The Morgan fingerprint density at radius 2 is 0.979 bits per heavy atom. The van der Waals surface area contributed by atoms with Gasteiger partial charge in [0.1, 0.15) is 11.6 Å². The van der Waals surface area contributed by atoms with Gasteiger partial charge in [0.05, 0.1) is 12.2 Å². The van der Waals surface area contributed by atoms with Gasteiger partial charge in [-0.1, -0.05) is 38.8 Å². The molecule has 0 heterocycles. The highest BCUT2D eigenvalue weighted by Gasteiger charge is 2.64. The predicted octanol–water partition coefficient (Wildman–Crippen LogP) is 7.39. The Hall–Kier alpha value is -1.92. The number of hydrogen-bond donors (Lipinski definition) is 2. The molecule has 0 aromatic carbocycles. The van der Waals surface area contributed by atoms with E-state index < -0.39 is 0 Å². The van der Waals surface area contributed by atoms with Gasteiger partial charge in [0.25, 0.3) is 0 Å². The van der Waals surface area contributed by atoms with Gasteiger partial charge in [-0.3, -0.25) is 19.2 Å². The fourth-order valence-electron chi connectivity index (χ4n) is 14.7. The maximum atomic E-state index is 12.2. The molecule has 8 rings (SSSR count). The van der Waals surface area contributed by atoms with Gasteiger partial charge in [0, 0.05) is 24.7 Å². The van der Waals surface area contributed by atoms with Crippen molar-refractivity contribution in [2.24, 2.45) is 69.0 Å². The molecule has 0 aromatic heterocycles. The monoisotopic (exact) mass is 660 g/mol. The Bertz CT molecular complexity index is 1350. The number of aliphatic hydroxyl groups excluding tert-OH is 2. The molecule has 0 saturated heterocycles. The molecule has 0 spiro atoms. The summed E-state index contributed by atoms with van der Waals surface area (Å²) in [5.41, 5.74) is 2.45. The zero-order valence-corrected chi connectivity index (χ0v) is 30.4. The minimum atomic E-state index is -0.349. The van der Waals surface area contributed by atoms with Crippen LogP contribution < -0.4 is 0 Å². The second kappa shape index (κ2) is 11.8. The minimum absolute atomic E-state index is 0.0219. The van der Waals surface area contributed by atoms with Crippen molar-refractivity contribution in [1.29, 1.82) is 0 Å². The number of fused-ring (bicyclic) bond motifs is 10. The first kappa shape index (κ1) is 34.5. The van der Waals surface area contributed by atoms with Crippen molar-refractivity contribution in [3.63, 3.8) is 0 Å². The van der Waals surface area contributed by atoms with E-state index in [0.29, 0.717) is 48.1 Å². The van der Waals surface area contributed by atoms with E-state index in [0.717, 1.165) is 77.0 Å². The van der Waals surface area contributed by atoms with Gasteiger partial charge in [-0.2, -0.15) is 0 Å². The molecule has 8 aliphatic rings. The van der Waals surface area contributed by atoms with E-state index in [4.69, 9.17) is 0 Å². The van der Waals surface area contributed by atoms with Crippen LogP contribution in [-0.2, 0) is 19.2 Å². The molecule has 0 radical (unpaired) electrons. The third-order valence-electron chi connectivity index (χ3n) is 16.8. The summed E-state index contributed by atoms with van der Waals surface area (Å²) in [6.07, 6.45) is 15.9. The van der Waals surface area contributed by atoms with E-state index in [1.54, 1.807) is 13.8 Å². The van der Waals surface area contributed by atoms with Crippen molar-refractivity contribution in [2.75, 3.05) is 0 Å². The van der Waals surface area contributed by atoms with E-state index in [-0.39, 0.29) is 69.1 Å². The molecule has 0 aliphatic heterocycles. The quantitative estimate of drug-likeness (QED) is 0.320. The molecule has 2 N–H and O–H groups in total. The molecule has 0 aromatic rings. The van der Waals surface area contributed by atoms with Crippen LogP contribution in [0.5, 0.6) is 0 Å². The molecule has 8 aliphatic carbocycles. The molecule has 6 fully saturated rings. The lowest BCUT2D eigenvalue weighted by Gasteiger charge is -2.59. The summed E-state index contributed by atoms with van der Waals surface area (Å²) in [5, 5.41) is 22.3. The molecule has 264 valence electrons. The molecular formula is C42H60O6. The highest BCUT2D eigenvalue weighted by Crippen LogP contribution is 2.68. The van der Waals surface area contributed by atoms with Crippen LogP contribution in [0.4, 0.5) is 0 Å². The third-order valence-corrected chi connectivity index (χ3v) is 16.8. The maximum absolute atomic E-state index is 12.2. The minimum Gasteiger partial charge on any atom is -0.393 e. The SMILES string of the molecule is CC(=O)[C@H]1CC[C@H]2[C@@H]3CCC4=CC(=O)CC[C@]4(C)[C@H]3[C@@H](O)C[C@]12C.CC(=O)[C@H]1CC[C@H]2[C@@H]3CCC4=CC(=O)CC[C@]4(C)[C@H]3[C@@H](O)C[C@]12C. The van der Waals surface area contributed by atoms with Crippen LogP contribution in [0.3, 0.4) is 0 Å². The number of ketones is 4. The predicted molar refractivity (Wildman–Crippen MR) is 185 cm³/mol. The normalized spacial score (nSPS) is 50.6. The van der Waals surface area contributed by atoms with Crippen LogP contribution in [0, 0.1) is 69.0 Å². The largest absolute Gasteiger partial charge is 0.393 e. The zero-order chi connectivity index (χ0) is 34.6.